The number of nitrogens with zero attached hydrogens (tertiary/aromatic N) is 1. The van der Waals surface area contributed by atoms with Gasteiger partial charge in [0.05, 0.1) is 5.56 Å². The maximum absolute atomic E-state index is 13.5. The summed E-state index contributed by atoms with van der Waals surface area (Å²) in [5.41, 5.74) is 2.06. The van der Waals surface area contributed by atoms with Crippen LogP contribution in [0.3, 0.4) is 0 Å². The van der Waals surface area contributed by atoms with E-state index in [9.17, 15) is 9.59 Å². The lowest BCUT2D eigenvalue weighted by molar-refractivity contribution is -0.116. The highest BCUT2D eigenvalue weighted by Crippen LogP contribution is 2.38. The molecule has 0 radical (unpaired) electrons. The molecule has 1 aliphatic carbocycles. The Labute approximate surface area is 180 Å². The second-order valence-corrected chi connectivity index (χ2v) is 10.3. The van der Waals surface area contributed by atoms with E-state index >= 15 is 0 Å². The SMILES string of the molecule is CC(C)CC(=O)Nc1sc2c(c1C(=O)N1CCCC1)CCCCCCCCCC2. The molecule has 29 heavy (non-hydrogen) atoms. The van der Waals surface area contributed by atoms with Crippen LogP contribution in [-0.2, 0) is 17.6 Å². The molecule has 1 aromatic rings. The lowest BCUT2D eigenvalue weighted by Crippen LogP contribution is -2.29. The normalized spacial score (nSPS) is 18.8. The molecular formula is C24H38N2O2S. The fourth-order valence-corrected chi connectivity index (χ4v) is 5.87. The summed E-state index contributed by atoms with van der Waals surface area (Å²) in [7, 11) is 0. The van der Waals surface area contributed by atoms with Crippen LogP contribution in [0.15, 0.2) is 0 Å². The number of amides is 2. The molecule has 5 heteroatoms. The maximum Gasteiger partial charge on any atom is 0.257 e. The van der Waals surface area contributed by atoms with Crippen LogP contribution in [0.1, 0.15) is 105 Å². The van der Waals surface area contributed by atoms with E-state index in [0.717, 1.165) is 55.8 Å². The minimum absolute atomic E-state index is 0.0349. The minimum atomic E-state index is 0.0349. The van der Waals surface area contributed by atoms with Gasteiger partial charge in [0, 0.05) is 24.4 Å². The standard InChI is InChI=1S/C24H38N2O2S/c1-18(2)17-21(27)25-23-22(24(28)26-15-11-12-16-26)19-13-9-7-5-3-4-6-8-10-14-20(19)29-23/h18H,3-17H2,1-2H3,(H,25,27). The van der Waals surface area contributed by atoms with Crippen molar-refractivity contribution in [3.8, 4) is 0 Å². The highest BCUT2D eigenvalue weighted by atomic mass is 32.1. The van der Waals surface area contributed by atoms with Crippen LogP contribution >= 0.6 is 11.3 Å². The number of carbonyl (C=O) groups excluding carboxylic acids is 2. The van der Waals surface area contributed by atoms with Crippen LogP contribution in [0.2, 0.25) is 0 Å². The molecule has 0 spiro atoms. The Morgan fingerprint density at radius 3 is 2.10 bits per heavy atom. The molecule has 1 aliphatic heterocycles. The molecule has 1 fully saturated rings. The van der Waals surface area contributed by atoms with Gasteiger partial charge in [-0.3, -0.25) is 9.59 Å². The number of thiophene rings is 1. The van der Waals surface area contributed by atoms with Crippen molar-refractivity contribution in [2.45, 2.75) is 97.3 Å². The molecule has 4 nitrogen and oxygen atoms in total. The predicted molar refractivity (Wildman–Crippen MR) is 122 cm³/mol. The second-order valence-electron chi connectivity index (χ2n) is 9.18. The van der Waals surface area contributed by atoms with Crippen molar-refractivity contribution in [1.29, 1.82) is 0 Å². The van der Waals surface area contributed by atoms with Gasteiger partial charge in [-0.05, 0) is 50.0 Å². The highest BCUT2D eigenvalue weighted by molar-refractivity contribution is 7.17. The van der Waals surface area contributed by atoms with Crippen LogP contribution in [0, 0.1) is 5.92 Å². The van der Waals surface area contributed by atoms with Crippen molar-refractivity contribution in [3.05, 3.63) is 16.0 Å². The van der Waals surface area contributed by atoms with Crippen molar-refractivity contribution in [1.82, 2.24) is 4.90 Å². The zero-order valence-corrected chi connectivity index (χ0v) is 19.2. The summed E-state index contributed by atoms with van der Waals surface area (Å²) >= 11 is 1.68. The van der Waals surface area contributed by atoms with E-state index in [2.05, 4.69) is 19.2 Å². The summed E-state index contributed by atoms with van der Waals surface area (Å²) in [5, 5.41) is 3.94. The molecule has 1 aromatic heterocycles. The van der Waals surface area contributed by atoms with Crippen LogP contribution in [0.25, 0.3) is 0 Å². The summed E-state index contributed by atoms with van der Waals surface area (Å²) in [5.74, 6) is 0.493. The fraction of sp³-hybridized carbons (Fsp3) is 0.750. The number of carbonyl (C=O) groups is 2. The van der Waals surface area contributed by atoms with Gasteiger partial charge < -0.3 is 10.2 Å². The summed E-state index contributed by atoms with van der Waals surface area (Å²) in [6, 6.07) is 0. The topological polar surface area (TPSA) is 49.4 Å². The Hall–Kier alpha value is -1.36. The second kappa shape index (κ2) is 11.1. The van der Waals surface area contributed by atoms with Gasteiger partial charge in [-0.1, -0.05) is 52.4 Å². The Bertz CT molecular complexity index is 689. The number of fused-ring (bicyclic) bond motifs is 1. The number of hydrogen-bond donors (Lipinski definition) is 1. The molecule has 1 N–H and O–H groups in total. The van der Waals surface area contributed by atoms with Crippen LogP contribution in [0.4, 0.5) is 5.00 Å². The number of aryl methyl sites for hydroxylation is 1. The predicted octanol–water partition coefficient (Wildman–Crippen LogP) is 6.19. The van der Waals surface area contributed by atoms with Gasteiger partial charge in [0.2, 0.25) is 5.91 Å². The van der Waals surface area contributed by atoms with Crippen molar-refractivity contribution in [3.63, 3.8) is 0 Å². The lowest BCUT2D eigenvalue weighted by Gasteiger charge is -2.18. The molecular weight excluding hydrogens is 380 g/mol. The molecule has 2 aliphatic rings. The van der Waals surface area contributed by atoms with E-state index in [0.29, 0.717) is 12.3 Å². The van der Waals surface area contributed by atoms with Gasteiger partial charge in [-0.15, -0.1) is 11.3 Å². The van der Waals surface area contributed by atoms with Gasteiger partial charge in [0.1, 0.15) is 5.00 Å². The molecule has 1 saturated heterocycles. The van der Waals surface area contributed by atoms with Gasteiger partial charge in [-0.25, -0.2) is 0 Å². The van der Waals surface area contributed by atoms with Crippen LogP contribution in [-0.4, -0.2) is 29.8 Å². The average molecular weight is 419 g/mol. The molecule has 3 rings (SSSR count). The molecule has 162 valence electrons. The van der Waals surface area contributed by atoms with E-state index in [-0.39, 0.29) is 11.8 Å². The molecule has 0 atom stereocenters. The van der Waals surface area contributed by atoms with Gasteiger partial charge in [0.25, 0.3) is 5.91 Å². The van der Waals surface area contributed by atoms with E-state index in [1.807, 2.05) is 4.90 Å². The van der Waals surface area contributed by atoms with Crippen LogP contribution < -0.4 is 5.32 Å². The van der Waals surface area contributed by atoms with E-state index in [1.165, 1.54) is 55.4 Å². The summed E-state index contributed by atoms with van der Waals surface area (Å²) in [6.07, 6.45) is 14.8. The van der Waals surface area contributed by atoms with Gasteiger partial charge in [-0.2, -0.15) is 0 Å². The smallest absolute Gasteiger partial charge is 0.257 e. The number of likely N-dealkylation sites (tertiary alicyclic amines) is 1. The first-order chi connectivity index (χ1) is 14.1. The molecule has 0 bridgehead atoms. The van der Waals surface area contributed by atoms with Crippen LogP contribution in [0.5, 0.6) is 0 Å². The number of anilines is 1. The van der Waals surface area contributed by atoms with Crippen molar-refractivity contribution in [2.24, 2.45) is 5.92 Å². The van der Waals surface area contributed by atoms with Crippen molar-refractivity contribution >= 4 is 28.2 Å². The minimum Gasteiger partial charge on any atom is -0.339 e. The third-order valence-corrected chi connectivity index (χ3v) is 7.33. The number of hydrogen-bond acceptors (Lipinski definition) is 3. The Morgan fingerprint density at radius 1 is 0.897 bits per heavy atom. The van der Waals surface area contributed by atoms with E-state index < -0.39 is 0 Å². The van der Waals surface area contributed by atoms with Gasteiger partial charge in [0.15, 0.2) is 0 Å². The number of rotatable bonds is 4. The Balaban J connectivity index is 1.91. The Morgan fingerprint density at radius 2 is 1.48 bits per heavy atom. The first-order valence-corrected chi connectivity index (χ1v) is 12.6. The third-order valence-electron chi connectivity index (χ3n) is 6.13. The zero-order valence-electron chi connectivity index (χ0n) is 18.4. The van der Waals surface area contributed by atoms with Crippen molar-refractivity contribution in [2.75, 3.05) is 18.4 Å². The lowest BCUT2D eigenvalue weighted by atomic mass is 9.97. The molecule has 0 saturated carbocycles. The molecule has 2 amide bonds. The van der Waals surface area contributed by atoms with E-state index in [1.54, 1.807) is 11.3 Å². The maximum atomic E-state index is 13.5. The zero-order chi connectivity index (χ0) is 20.6. The quantitative estimate of drug-likeness (QED) is 0.634. The van der Waals surface area contributed by atoms with Crippen molar-refractivity contribution < 1.29 is 9.59 Å². The molecule has 0 aromatic carbocycles. The summed E-state index contributed by atoms with van der Waals surface area (Å²) in [4.78, 5) is 29.3. The van der Waals surface area contributed by atoms with E-state index in [4.69, 9.17) is 0 Å². The highest BCUT2D eigenvalue weighted by Gasteiger charge is 2.29. The number of nitrogens with one attached hydrogen (secondary N) is 1. The molecule has 0 unspecified atom stereocenters. The third kappa shape index (κ3) is 6.31. The fourth-order valence-electron chi connectivity index (χ4n) is 4.57. The van der Waals surface area contributed by atoms with Gasteiger partial charge >= 0.3 is 0 Å². The first kappa shape index (κ1) is 22.3. The average Bonchev–Trinajstić information content (AvgIpc) is 3.29. The summed E-state index contributed by atoms with van der Waals surface area (Å²) in [6.45, 7) is 5.82. The Kier molecular flexibility index (Phi) is 8.58. The first-order valence-electron chi connectivity index (χ1n) is 11.8. The monoisotopic (exact) mass is 418 g/mol. The summed E-state index contributed by atoms with van der Waals surface area (Å²) < 4.78 is 0. The molecule has 2 heterocycles. The largest absolute Gasteiger partial charge is 0.339 e.